The highest BCUT2D eigenvalue weighted by Crippen LogP contribution is 2.13. The Bertz CT molecular complexity index is 421. The van der Waals surface area contributed by atoms with Crippen molar-refractivity contribution in [2.75, 3.05) is 5.32 Å². The number of anilines is 1. The third-order valence-corrected chi connectivity index (χ3v) is 1.85. The second-order valence-electron chi connectivity index (χ2n) is 2.90. The van der Waals surface area contributed by atoms with Gasteiger partial charge in [0.15, 0.2) is 0 Å². The smallest absolute Gasteiger partial charge is 0.270 e. The zero-order valence-electron chi connectivity index (χ0n) is 7.99. The number of carbonyl (C=O) groups is 1. The standard InChI is InChI=1S/C9H8BFN2O2/c1-5-7(10)2-6(11)3-8(5)13-9(14)4-12-15/h2-4,15H,1H3,(H,13,14)/b12-4+. The van der Waals surface area contributed by atoms with Gasteiger partial charge in [0.1, 0.15) is 19.9 Å². The van der Waals surface area contributed by atoms with Gasteiger partial charge in [-0.1, -0.05) is 10.6 Å². The van der Waals surface area contributed by atoms with Crippen LogP contribution in [0, 0.1) is 12.7 Å². The van der Waals surface area contributed by atoms with Gasteiger partial charge in [0, 0.05) is 5.69 Å². The quantitative estimate of drug-likeness (QED) is 0.317. The average molecular weight is 206 g/mol. The fourth-order valence-corrected chi connectivity index (χ4v) is 1.05. The number of nitrogens with zero attached hydrogens (tertiary/aromatic N) is 1. The first-order valence-corrected chi connectivity index (χ1v) is 4.08. The molecule has 0 heterocycles. The maximum atomic E-state index is 12.9. The first-order valence-electron chi connectivity index (χ1n) is 4.08. The van der Waals surface area contributed by atoms with Gasteiger partial charge in [0.05, 0.1) is 0 Å². The Morgan fingerprint density at radius 3 is 2.93 bits per heavy atom. The summed E-state index contributed by atoms with van der Waals surface area (Å²) in [5.74, 6) is -1.21. The van der Waals surface area contributed by atoms with Gasteiger partial charge in [-0.2, -0.15) is 0 Å². The van der Waals surface area contributed by atoms with E-state index in [1.807, 2.05) is 0 Å². The van der Waals surface area contributed by atoms with Crippen LogP contribution < -0.4 is 10.8 Å². The van der Waals surface area contributed by atoms with Gasteiger partial charge in [-0.3, -0.25) is 4.79 Å². The third-order valence-electron chi connectivity index (χ3n) is 1.85. The largest absolute Gasteiger partial charge is 0.411 e. The van der Waals surface area contributed by atoms with Gasteiger partial charge in [-0.25, -0.2) is 4.39 Å². The van der Waals surface area contributed by atoms with E-state index in [2.05, 4.69) is 10.5 Å². The molecule has 0 bridgehead atoms. The summed E-state index contributed by atoms with van der Waals surface area (Å²) in [5.41, 5.74) is 1.04. The van der Waals surface area contributed by atoms with Crippen LogP contribution in [-0.4, -0.2) is 25.2 Å². The lowest BCUT2D eigenvalue weighted by Crippen LogP contribution is -2.18. The van der Waals surface area contributed by atoms with Crippen LogP contribution >= 0.6 is 0 Å². The number of benzene rings is 1. The predicted molar refractivity (Wildman–Crippen MR) is 55.4 cm³/mol. The molecule has 1 aromatic rings. The Labute approximate surface area is 87.2 Å². The van der Waals surface area contributed by atoms with Crippen LogP contribution in [0.5, 0.6) is 0 Å². The lowest BCUT2D eigenvalue weighted by atomic mass is 9.90. The zero-order valence-corrected chi connectivity index (χ0v) is 7.99. The van der Waals surface area contributed by atoms with E-state index in [0.717, 1.165) is 12.1 Å². The molecule has 0 atom stereocenters. The van der Waals surface area contributed by atoms with Gasteiger partial charge in [-0.05, 0) is 24.6 Å². The number of rotatable bonds is 2. The molecule has 15 heavy (non-hydrogen) atoms. The fourth-order valence-electron chi connectivity index (χ4n) is 1.05. The summed E-state index contributed by atoms with van der Waals surface area (Å²) >= 11 is 0. The summed E-state index contributed by atoms with van der Waals surface area (Å²) < 4.78 is 12.9. The lowest BCUT2D eigenvalue weighted by molar-refractivity contribution is -0.110. The third kappa shape index (κ3) is 2.80. The minimum atomic E-state index is -0.661. The first kappa shape index (κ1) is 11.2. The predicted octanol–water partition coefficient (Wildman–Crippen LogP) is 0.326. The molecule has 6 heteroatoms. The summed E-state index contributed by atoms with van der Waals surface area (Å²) in [6, 6.07) is 2.29. The topological polar surface area (TPSA) is 61.7 Å². The van der Waals surface area contributed by atoms with Crippen molar-refractivity contribution in [2.24, 2.45) is 5.16 Å². The van der Waals surface area contributed by atoms with Gasteiger partial charge in [-0.15, -0.1) is 0 Å². The molecule has 0 aliphatic heterocycles. The van der Waals surface area contributed by atoms with E-state index in [-0.39, 0.29) is 11.2 Å². The van der Waals surface area contributed by atoms with E-state index in [9.17, 15) is 9.18 Å². The molecule has 1 rings (SSSR count). The van der Waals surface area contributed by atoms with Crippen molar-refractivity contribution < 1.29 is 14.4 Å². The number of oxime groups is 1. The van der Waals surface area contributed by atoms with Gasteiger partial charge >= 0.3 is 0 Å². The second-order valence-corrected chi connectivity index (χ2v) is 2.90. The molecule has 0 unspecified atom stereocenters. The van der Waals surface area contributed by atoms with Crippen LogP contribution in [0.15, 0.2) is 17.3 Å². The Morgan fingerprint density at radius 1 is 1.67 bits per heavy atom. The molecule has 2 N–H and O–H groups in total. The second kappa shape index (κ2) is 4.59. The molecule has 0 saturated heterocycles. The zero-order chi connectivity index (χ0) is 11.4. The monoisotopic (exact) mass is 206 g/mol. The molecule has 2 radical (unpaired) electrons. The van der Waals surface area contributed by atoms with Crippen molar-refractivity contribution in [3.05, 3.63) is 23.5 Å². The molecular formula is C9H8BFN2O2. The molecule has 0 aliphatic rings. The van der Waals surface area contributed by atoms with E-state index in [0.29, 0.717) is 11.8 Å². The lowest BCUT2D eigenvalue weighted by Gasteiger charge is -2.09. The first-order chi connectivity index (χ1) is 7.04. The number of carbonyl (C=O) groups excluding carboxylic acids is 1. The minimum Gasteiger partial charge on any atom is -0.411 e. The Balaban J connectivity index is 2.99. The van der Waals surface area contributed by atoms with Crippen LogP contribution in [0.1, 0.15) is 5.56 Å². The van der Waals surface area contributed by atoms with Crippen LogP contribution in [0.3, 0.4) is 0 Å². The van der Waals surface area contributed by atoms with Crippen molar-refractivity contribution >= 4 is 31.1 Å². The normalized spacial score (nSPS) is 10.5. The molecule has 76 valence electrons. The van der Waals surface area contributed by atoms with E-state index >= 15 is 0 Å². The fraction of sp³-hybridized carbons (Fsp3) is 0.111. The maximum Gasteiger partial charge on any atom is 0.270 e. The van der Waals surface area contributed by atoms with E-state index < -0.39 is 11.7 Å². The molecule has 1 amide bonds. The van der Waals surface area contributed by atoms with Gasteiger partial charge in [0.25, 0.3) is 5.91 Å². The van der Waals surface area contributed by atoms with Crippen molar-refractivity contribution in [3.63, 3.8) is 0 Å². The summed E-state index contributed by atoms with van der Waals surface area (Å²) in [5, 5.41) is 13.0. The highest BCUT2D eigenvalue weighted by atomic mass is 19.1. The SMILES string of the molecule is [B]c1cc(F)cc(NC(=O)/C=N/O)c1C. The molecular weight excluding hydrogens is 198 g/mol. The maximum absolute atomic E-state index is 12.9. The average Bonchev–Trinajstić information content (AvgIpc) is 2.13. The summed E-state index contributed by atoms with van der Waals surface area (Å²) in [4.78, 5) is 11.0. The molecule has 4 nitrogen and oxygen atoms in total. The van der Waals surface area contributed by atoms with Crippen LogP contribution in [0.4, 0.5) is 10.1 Å². The number of hydrogen-bond donors (Lipinski definition) is 2. The highest BCUT2D eigenvalue weighted by Gasteiger charge is 2.06. The number of nitrogens with one attached hydrogen (secondary N) is 1. The van der Waals surface area contributed by atoms with Crippen molar-refractivity contribution in [3.8, 4) is 0 Å². The Hall–Kier alpha value is -1.85. The van der Waals surface area contributed by atoms with Crippen LogP contribution in [-0.2, 0) is 4.79 Å². The summed E-state index contributed by atoms with van der Waals surface area (Å²) in [7, 11) is 5.50. The molecule has 0 aromatic heterocycles. The van der Waals surface area contributed by atoms with E-state index in [1.165, 1.54) is 0 Å². The summed E-state index contributed by atoms with van der Waals surface area (Å²) in [6.07, 6.45) is 0.667. The van der Waals surface area contributed by atoms with E-state index in [1.54, 1.807) is 6.92 Å². The minimum absolute atomic E-state index is 0.242. The Kier molecular flexibility index (Phi) is 3.44. The van der Waals surface area contributed by atoms with Crippen molar-refractivity contribution in [1.82, 2.24) is 0 Å². The molecule has 0 spiro atoms. The number of amides is 1. The van der Waals surface area contributed by atoms with Crippen LogP contribution in [0.25, 0.3) is 0 Å². The number of hydrogen-bond acceptors (Lipinski definition) is 3. The van der Waals surface area contributed by atoms with Gasteiger partial charge in [0.2, 0.25) is 0 Å². The van der Waals surface area contributed by atoms with Crippen molar-refractivity contribution in [1.29, 1.82) is 0 Å². The molecule has 1 aromatic carbocycles. The van der Waals surface area contributed by atoms with Gasteiger partial charge < -0.3 is 10.5 Å². The van der Waals surface area contributed by atoms with Crippen LogP contribution in [0.2, 0.25) is 0 Å². The number of halogens is 1. The molecule has 0 fully saturated rings. The van der Waals surface area contributed by atoms with Crippen molar-refractivity contribution in [2.45, 2.75) is 6.92 Å². The Morgan fingerprint density at radius 2 is 2.33 bits per heavy atom. The highest BCUT2D eigenvalue weighted by molar-refractivity contribution is 6.35. The molecule has 0 aliphatic carbocycles. The summed E-state index contributed by atoms with van der Waals surface area (Å²) in [6.45, 7) is 1.64. The van der Waals surface area contributed by atoms with E-state index in [4.69, 9.17) is 13.1 Å². The molecule has 0 saturated carbocycles.